The van der Waals surface area contributed by atoms with Gasteiger partial charge in [-0.3, -0.25) is 4.79 Å². The molecule has 0 aromatic carbocycles. The fraction of sp³-hybridized carbons (Fsp3) is 0.385. The lowest BCUT2D eigenvalue weighted by atomic mass is 10.3. The zero-order valence-corrected chi connectivity index (χ0v) is 14.2. The molecular weight excluding hydrogens is 338 g/mol. The first-order chi connectivity index (χ1) is 10.6. The summed E-state index contributed by atoms with van der Waals surface area (Å²) in [5.74, 6) is 1.42. The smallest absolute Gasteiger partial charge is 0.259 e. The molecule has 1 aliphatic heterocycles. The van der Waals surface area contributed by atoms with Crippen LogP contribution < -0.4 is 16.0 Å². The molecule has 4 N–H and O–H groups in total. The molecule has 0 unspecified atom stereocenters. The van der Waals surface area contributed by atoms with E-state index in [1.54, 1.807) is 6.33 Å². The normalized spacial score (nSPS) is 15.7. The molecule has 0 radical (unpaired) electrons. The van der Waals surface area contributed by atoms with Crippen molar-refractivity contribution in [3.05, 3.63) is 23.8 Å². The standard InChI is InChI=1S/C13H17N7OS.ClH/c1-8(14)4-15-13(21)9-5-20(2-3-22-9)12-10-11(17-6-16-10)18-7-19-12;/h5-8H,2-4,14H2,1H3,(H,15,21)(H,16,17,18,19);1H/t8-;/m0./s1. The van der Waals surface area contributed by atoms with Gasteiger partial charge < -0.3 is 20.9 Å². The quantitative estimate of drug-likeness (QED) is 0.737. The average molecular weight is 356 g/mol. The lowest BCUT2D eigenvalue weighted by Crippen LogP contribution is -2.37. The molecule has 0 saturated carbocycles. The van der Waals surface area contributed by atoms with E-state index in [2.05, 4.69) is 25.3 Å². The number of H-pyrrole nitrogens is 1. The summed E-state index contributed by atoms with van der Waals surface area (Å²) in [5, 5.41) is 2.82. The minimum absolute atomic E-state index is 0. The highest BCUT2D eigenvalue weighted by Crippen LogP contribution is 2.27. The number of amides is 1. The van der Waals surface area contributed by atoms with Crippen LogP contribution in [0.1, 0.15) is 6.92 Å². The number of halogens is 1. The maximum absolute atomic E-state index is 12.2. The van der Waals surface area contributed by atoms with Crippen LogP contribution in [0, 0.1) is 0 Å². The van der Waals surface area contributed by atoms with Gasteiger partial charge in [0.1, 0.15) is 11.8 Å². The molecule has 1 amide bonds. The maximum Gasteiger partial charge on any atom is 0.259 e. The van der Waals surface area contributed by atoms with Gasteiger partial charge in [-0.2, -0.15) is 0 Å². The van der Waals surface area contributed by atoms with Crippen LogP contribution in [0.15, 0.2) is 23.8 Å². The van der Waals surface area contributed by atoms with Crippen molar-refractivity contribution in [3.8, 4) is 0 Å². The number of nitrogens with one attached hydrogen (secondary N) is 2. The van der Waals surface area contributed by atoms with E-state index in [0.29, 0.717) is 17.1 Å². The lowest BCUT2D eigenvalue weighted by molar-refractivity contribution is -0.116. The van der Waals surface area contributed by atoms with Gasteiger partial charge in [-0.1, -0.05) is 0 Å². The van der Waals surface area contributed by atoms with Crippen molar-refractivity contribution in [2.45, 2.75) is 13.0 Å². The van der Waals surface area contributed by atoms with Crippen molar-refractivity contribution < 1.29 is 4.79 Å². The molecule has 3 heterocycles. The summed E-state index contributed by atoms with van der Waals surface area (Å²) in [6.07, 6.45) is 4.87. The average Bonchev–Trinajstić information content (AvgIpc) is 3.01. The summed E-state index contributed by atoms with van der Waals surface area (Å²) in [4.78, 5) is 30.3. The van der Waals surface area contributed by atoms with E-state index in [0.717, 1.165) is 23.6 Å². The van der Waals surface area contributed by atoms with Crippen LogP contribution in [-0.2, 0) is 4.79 Å². The summed E-state index contributed by atoms with van der Waals surface area (Å²) < 4.78 is 0. The Morgan fingerprint density at radius 2 is 2.35 bits per heavy atom. The van der Waals surface area contributed by atoms with Crippen molar-refractivity contribution in [3.63, 3.8) is 0 Å². The Balaban J connectivity index is 0.00000192. The van der Waals surface area contributed by atoms with Crippen LogP contribution in [0.3, 0.4) is 0 Å². The SMILES string of the molecule is C[C@H](N)CNC(=O)C1=CN(c2ncnc3nc[nH]c23)CCS1.Cl. The van der Waals surface area contributed by atoms with Gasteiger partial charge in [-0.15, -0.1) is 24.2 Å². The van der Waals surface area contributed by atoms with Crippen molar-refractivity contribution in [2.24, 2.45) is 5.73 Å². The Morgan fingerprint density at radius 1 is 1.52 bits per heavy atom. The lowest BCUT2D eigenvalue weighted by Gasteiger charge is -2.25. The molecule has 23 heavy (non-hydrogen) atoms. The van der Waals surface area contributed by atoms with Gasteiger partial charge in [0, 0.05) is 31.1 Å². The number of fused-ring (bicyclic) bond motifs is 1. The van der Waals surface area contributed by atoms with Gasteiger partial charge in [0.2, 0.25) is 0 Å². The number of hydrogen-bond donors (Lipinski definition) is 3. The van der Waals surface area contributed by atoms with Gasteiger partial charge in [-0.05, 0) is 6.92 Å². The van der Waals surface area contributed by atoms with E-state index in [1.807, 2.05) is 18.0 Å². The molecule has 0 aliphatic carbocycles. The van der Waals surface area contributed by atoms with Crippen molar-refractivity contribution >= 4 is 47.1 Å². The molecule has 3 rings (SSSR count). The first-order valence-corrected chi connectivity index (χ1v) is 7.93. The number of nitrogens with two attached hydrogens (primary N) is 1. The van der Waals surface area contributed by atoms with E-state index >= 15 is 0 Å². The van der Waals surface area contributed by atoms with Crippen molar-refractivity contribution in [1.82, 2.24) is 25.3 Å². The molecular formula is C13H18ClN7OS. The number of carbonyl (C=O) groups excluding carboxylic acids is 1. The number of anilines is 1. The summed E-state index contributed by atoms with van der Waals surface area (Å²) in [5.41, 5.74) is 7.04. The van der Waals surface area contributed by atoms with Gasteiger partial charge in [0.05, 0.1) is 11.2 Å². The second kappa shape index (κ2) is 7.62. The maximum atomic E-state index is 12.2. The summed E-state index contributed by atoms with van der Waals surface area (Å²) in [6.45, 7) is 3.07. The molecule has 8 nitrogen and oxygen atoms in total. The third kappa shape index (κ3) is 3.92. The van der Waals surface area contributed by atoms with E-state index in [-0.39, 0.29) is 24.4 Å². The number of nitrogens with zero attached hydrogens (tertiary/aromatic N) is 4. The predicted molar refractivity (Wildman–Crippen MR) is 93.5 cm³/mol. The number of hydrogen-bond acceptors (Lipinski definition) is 7. The van der Waals surface area contributed by atoms with Crippen molar-refractivity contribution in [2.75, 3.05) is 23.7 Å². The molecule has 0 fully saturated rings. The van der Waals surface area contributed by atoms with Gasteiger partial charge >= 0.3 is 0 Å². The van der Waals surface area contributed by atoms with Crippen LogP contribution in [-0.4, -0.2) is 50.7 Å². The van der Waals surface area contributed by atoms with E-state index < -0.39 is 0 Å². The van der Waals surface area contributed by atoms with Crippen molar-refractivity contribution in [1.29, 1.82) is 0 Å². The summed E-state index contributed by atoms with van der Waals surface area (Å²) in [7, 11) is 0. The summed E-state index contributed by atoms with van der Waals surface area (Å²) >= 11 is 1.53. The second-order valence-corrected chi connectivity index (χ2v) is 6.16. The molecule has 1 atom stereocenters. The molecule has 2 aromatic rings. The Hall–Kier alpha value is -1.84. The zero-order valence-electron chi connectivity index (χ0n) is 12.5. The molecule has 124 valence electrons. The van der Waals surface area contributed by atoms with Crippen LogP contribution in [0.25, 0.3) is 11.2 Å². The highest BCUT2D eigenvalue weighted by Gasteiger charge is 2.20. The van der Waals surface area contributed by atoms with Crippen LogP contribution in [0.5, 0.6) is 0 Å². The van der Waals surface area contributed by atoms with Gasteiger partial charge in [0.25, 0.3) is 5.91 Å². The number of imidazole rings is 1. The second-order valence-electron chi connectivity index (χ2n) is 5.02. The number of rotatable bonds is 4. The van der Waals surface area contributed by atoms with Crippen LogP contribution in [0.4, 0.5) is 5.82 Å². The van der Waals surface area contributed by atoms with E-state index in [1.165, 1.54) is 18.1 Å². The van der Waals surface area contributed by atoms with Crippen LogP contribution >= 0.6 is 24.2 Å². The number of carbonyl (C=O) groups is 1. The molecule has 2 aromatic heterocycles. The van der Waals surface area contributed by atoms with Crippen LogP contribution in [0.2, 0.25) is 0 Å². The first kappa shape index (κ1) is 17.5. The number of thioether (sulfide) groups is 1. The summed E-state index contributed by atoms with van der Waals surface area (Å²) in [6, 6.07) is -0.0688. The predicted octanol–water partition coefficient (Wildman–Crippen LogP) is 0.633. The molecule has 0 saturated heterocycles. The fourth-order valence-corrected chi connectivity index (χ4v) is 3.01. The monoisotopic (exact) mass is 355 g/mol. The number of aromatic nitrogens is 4. The van der Waals surface area contributed by atoms with Gasteiger partial charge in [0.15, 0.2) is 11.5 Å². The number of aromatic amines is 1. The molecule has 1 aliphatic rings. The van der Waals surface area contributed by atoms with E-state index in [9.17, 15) is 4.79 Å². The van der Waals surface area contributed by atoms with Gasteiger partial charge in [-0.25, -0.2) is 15.0 Å². The largest absolute Gasteiger partial charge is 0.350 e. The third-order valence-electron chi connectivity index (χ3n) is 3.15. The zero-order chi connectivity index (χ0) is 15.5. The third-order valence-corrected chi connectivity index (χ3v) is 4.13. The molecule has 0 bridgehead atoms. The highest BCUT2D eigenvalue weighted by atomic mass is 35.5. The highest BCUT2D eigenvalue weighted by molar-refractivity contribution is 8.04. The first-order valence-electron chi connectivity index (χ1n) is 6.94. The minimum Gasteiger partial charge on any atom is -0.350 e. The Labute approximate surface area is 143 Å². The topological polar surface area (TPSA) is 113 Å². The van der Waals surface area contributed by atoms with E-state index in [4.69, 9.17) is 5.73 Å². The molecule has 10 heteroatoms. The Morgan fingerprint density at radius 3 is 3.13 bits per heavy atom. The Kier molecular flexibility index (Phi) is 5.80. The molecule has 0 spiro atoms. The minimum atomic E-state index is -0.109. The fourth-order valence-electron chi connectivity index (χ4n) is 2.10. The Bertz CT molecular complexity index is 717.